The summed E-state index contributed by atoms with van der Waals surface area (Å²) in [5.74, 6) is -16.0. The molecule has 0 radical (unpaired) electrons. The van der Waals surface area contributed by atoms with Crippen LogP contribution in [0.3, 0.4) is 0 Å². The van der Waals surface area contributed by atoms with Crippen LogP contribution in [0, 0.1) is 5.92 Å². The van der Waals surface area contributed by atoms with Crippen LogP contribution in [0.1, 0.15) is 291 Å². The monoisotopic (exact) mass is 1940 g/mol. The van der Waals surface area contributed by atoms with E-state index in [9.17, 15) is 136 Å². The van der Waals surface area contributed by atoms with Crippen molar-refractivity contribution in [3.05, 3.63) is 0 Å². The Morgan fingerprint density at radius 3 is 1.11 bits per heavy atom. The molecule has 24 N–H and O–H groups in total. The van der Waals surface area contributed by atoms with Gasteiger partial charge < -0.3 is 185 Å². The number of rotatable bonds is 68. The largest absolute Gasteiger partial charge is 0.477 e. The first kappa shape index (κ1) is 118. The SMILES string of the molecule is CCCCCCCCCCCCCCCCCCCCCCCCC(=O)NC(COC1OC(CO)C(OC2OC(CO)C(OC3OC(CO)C(O)C(OC4OC(CO)C(O)C(OC5(C(=O)O)CC(O)C(NC(C)=O)C(C(O)C(O)CO)O5)C4O)C3CC(C)=O)C(OC3(C(=O)O)CC(O)C(NC(C)=O)C(C(O)C(O)CO)O3)C2O)C(O)C1O)C(O)CCCCCCCCCCCCCCC. The third-order valence-corrected chi connectivity index (χ3v) is 26.4. The molecular formula is C92H165N3O39. The lowest BCUT2D eigenvalue weighted by Gasteiger charge is -2.53. The highest BCUT2D eigenvalue weighted by atomic mass is 16.8. The maximum Gasteiger partial charge on any atom is 0.364 e. The summed E-state index contributed by atoms with van der Waals surface area (Å²) >= 11 is 0. The first-order valence-electron chi connectivity index (χ1n) is 49.3. The van der Waals surface area contributed by atoms with Gasteiger partial charge >= 0.3 is 11.9 Å². The van der Waals surface area contributed by atoms with Crippen molar-refractivity contribution in [2.24, 2.45) is 5.92 Å². The molecule has 0 aromatic rings. The number of carboxylic acid groups (broad SMARTS) is 2. The van der Waals surface area contributed by atoms with E-state index in [0.29, 0.717) is 12.8 Å². The van der Waals surface area contributed by atoms with Crippen molar-refractivity contribution < 1.29 is 193 Å². The van der Waals surface area contributed by atoms with Crippen LogP contribution in [0.4, 0.5) is 0 Å². The lowest BCUT2D eigenvalue weighted by molar-refractivity contribution is -0.408. The summed E-state index contributed by atoms with van der Waals surface area (Å²) in [6.07, 6.45) is -24.3. The lowest BCUT2D eigenvalue weighted by atomic mass is 9.86. The van der Waals surface area contributed by atoms with E-state index in [0.717, 1.165) is 85.0 Å². The van der Waals surface area contributed by atoms with Crippen molar-refractivity contribution in [3.63, 3.8) is 0 Å². The van der Waals surface area contributed by atoms with Gasteiger partial charge in [0, 0.05) is 45.4 Å². The van der Waals surface area contributed by atoms with Gasteiger partial charge in [-0.3, -0.25) is 14.4 Å². The number of ketones is 1. The lowest BCUT2D eigenvalue weighted by Crippen LogP contribution is -2.71. The molecule has 0 aromatic heterocycles. The molecule has 0 aliphatic carbocycles. The van der Waals surface area contributed by atoms with Crippen molar-refractivity contribution in [2.45, 2.75) is 493 Å². The number of unbranched alkanes of at least 4 members (excludes halogenated alkanes) is 33. The summed E-state index contributed by atoms with van der Waals surface area (Å²) in [4.78, 5) is 79.9. The van der Waals surface area contributed by atoms with E-state index in [1.54, 1.807) is 0 Å². The third-order valence-electron chi connectivity index (χ3n) is 26.4. The summed E-state index contributed by atoms with van der Waals surface area (Å²) < 4.78 is 72.9. The van der Waals surface area contributed by atoms with E-state index in [1.807, 2.05) is 0 Å². The van der Waals surface area contributed by atoms with Gasteiger partial charge in [-0.2, -0.15) is 0 Å². The number of carbonyl (C=O) groups is 6. The fraction of sp³-hybridized carbons (Fsp3) is 0.935. The van der Waals surface area contributed by atoms with E-state index in [4.69, 9.17) is 56.8 Å². The molecule has 6 saturated heterocycles. The van der Waals surface area contributed by atoms with Gasteiger partial charge in [0.1, 0.15) is 128 Å². The number of amides is 3. The van der Waals surface area contributed by atoms with Gasteiger partial charge in [0.2, 0.25) is 17.7 Å². The zero-order valence-electron chi connectivity index (χ0n) is 78.9. The first-order valence-corrected chi connectivity index (χ1v) is 49.3. The minimum atomic E-state index is -3.48. The standard InChI is InChI=1S/C92H165N3O39/c1-6-8-10-12-14-16-18-20-21-22-23-24-25-26-27-28-30-32-34-36-38-40-42-67(110)95-57(58(105)41-39-37-35-33-31-29-19-17-15-13-11-9-7-2)52-123-86-75(116)74(115)79(65(50-100)126-86)129-88-77(118)84(134-92(90(121)122)45-60(107)69(94-55(5)104)82(132-92)71(112)62(109)47-97)80(66(51-101)127-88)130-85-56(43-53(3)102)78(72(113)63(48-98)124-85)128-87-76(117)83(73(114)64(49-99)125-87)133-91(89(119)120)44-59(106)68(93-54(4)103)81(131-91)70(111)61(108)46-96/h56-66,68-88,96-101,105-109,111-118H,6-52H2,1-5H3,(H,93,103)(H,94,104)(H,95,110)(H,119,120)(H,121,122). The van der Waals surface area contributed by atoms with E-state index in [1.165, 1.54) is 148 Å². The highest BCUT2D eigenvalue weighted by molar-refractivity contribution is 5.78. The van der Waals surface area contributed by atoms with Gasteiger partial charge in [-0.1, -0.05) is 232 Å². The molecule has 42 nitrogen and oxygen atoms in total. The Morgan fingerprint density at radius 2 is 0.724 bits per heavy atom. The Bertz CT molecular complexity index is 3280. The molecule has 6 aliphatic heterocycles. The second kappa shape index (κ2) is 62.3. The number of aliphatic carboxylic acids is 2. The Balaban J connectivity index is 1.24. The summed E-state index contributed by atoms with van der Waals surface area (Å²) in [5, 5.41) is 246. The molecule has 34 atom stereocenters. The molecule has 0 aromatic carbocycles. The Morgan fingerprint density at radius 1 is 0.381 bits per heavy atom. The number of carboxylic acids is 2. The van der Waals surface area contributed by atoms with Crippen molar-refractivity contribution in [1.82, 2.24) is 16.0 Å². The van der Waals surface area contributed by atoms with E-state index in [-0.39, 0.29) is 18.7 Å². The van der Waals surface area contributed by atoms with E-state index in [2.05, 4.69) is 29.8 Å². The molecule has 6 heterocycles. The molecule has 782 valence electrons. The Labute approximate surface area is 786 Å². The average Bonchev–Trinajstić information content (AvgIpc) is 0.746. The Hall–Kier alpha value is -4.22. The quantitative estimate of drug-likeness (QED) is 0.0361. The van der Waals surface area contributed by atoms with Crippen molar-refractivity contribution >= 4 is 35.4 Å². The zero-order valence-corrected chi connectivity index (χ0v) is 78.9. The summed E-state index contributed by atoms with van der Waals surface area (Å²) in [6.45, 7) is -0.496. The van der Waals surface area contributed by atoms with E-state index >= 15 is 0 Å². The molecule has 6 rings (SSSR count). The Kier molecular flexibility index (Phi) is 55.0. The van der Waals surface area contributed by atoms with Crippen LogP contribution >= 0.6 is 0 Å². The second-order valence-electron chi connectivity index (χ2n) is 37.4. The fourth-order valence-electron chi connectivity index (χ4n) is 18.7. The van der Waals surface area contributed by atoms with Gasteiger partial charge in [-0.05, 0) is 19.8 Å². The van der Waals surface area contributed by atoms with Crippen LogP contribution < -0.4 is 16.0 Å². The number of aliphatic hydroxyl groups excluding tert-OH is 19. The minimum absolute atomic E-state index is 0.123. The number of Topliss-reactive ketones (excluding diaryl/α,β-unsaturated/α-hetero) is 1. The predicted octanol–water partition coefficient (Wildman–Crippen LogP) is 0.177. The van der Waals surface area contributed by atoms with Crippen LogP contribution in [-0.2, 0) is 85.6 Å². The van der Waals surface area contributed by atoms with Crippen molar-refractivity contribution in [3.8, 4) is 0 Å². The van der Waals surface area contributed by atoms with Gasteiger partial charge in [-0.15, -0.1) is 0 Å². The highest BCUT2D eigenvalue weighted by Gasteiger charge is 2.64. The summed E-state index contributed by atoms with van der Waals surface area (Å²) in [5.41, 5.74) is 0. The van der Waals surface area contributed by atoms with Gasteiger partial charge in [0.05, 0.1) is 88.8 Å². The molecule has 0 saturated carbocycles. The summed E-state index contributed by atoms with van der Waals surface area (Å²) in [7, 11) is 0. The molecule has 0 bridgehead atoms. The number of nitrogens with one attached hydrogen (secondary N) is 3. The van der Waals surface area contributed by atoms with Crippen LogP contribution in [0.15, 0.2) is 0 Å². The zero-order chi connectivity index (χ0) is 98.8. The van der Waals surface area contributed by atoms with Gasteiger partial charge in [0.25, 0.3) is 11.6 Å². The van der Waals surface area contributed by atoms with Crippen molar-refractivity contribution in [1.29, 1.82) is 0 Å². The number of aliphatic hydroxyl groups is 19. The topological polar surface area (TPSA) is 674 Å². The molecule has 3 amide bonds. The van der Waals surface area contributed by atoms with Crippen molar-refractivity contribution in [2.75, 3.05) is 46.2 Å². The predicted molar refractivity (Wildman–Crippen MR) is 473 cm³/mol. The van der Waals surface area contributed by atoms with Gasteiger partial charge in [-0.25, -0.2) is 9.59 Å². The summed E-state index contributed by atoms with van der Waals surface area (Å²) in [6, 6.07) is -4.68. The molecular weight excluding hydrogens is 1770 g/mol. The van der Waals surface area contributed by atoms with Gasteiger partial charge in [0.15, 0.2) is 25.2 Å². The minimum Gasteiger partial charge on any atom is -0.477 e. The third kappa shape index (κ3) is 36.3. The number of hydrogen-bond acceptors (Lipinski definition) is 37. The molecule has 134 heavy (non-hydrogen) atoms. The maximum absolute atomic E-state index is 14.1. The highest BCUT2D eigenvalue weighted by Crippen LogP contribution is 2.45. The molecule has 34 unspecified atom stereocenters. The van der Waals surface area contributed by atoms with Crippen LogP contribution in [0.25, 0.3) is 0 Å². The van der Waals surface area contributed by atoms with E-state index < -0.39 is 302 Å². The number of ether oxygens (including phenoxy) is 12. The van der Waals surface area contributed by atoms with Crippen LogP contribution in [0.2, 0.25) is 0 Å². The first-order chi connectivity index (χ1) is 64.1. The van der Waals surface area contributed by atoms with Crippen LogP contribution in [-0.4, -0.2) is 390 Å². The number of hydrogen-bond donors (Lipinski definition) is 24. The molecule has 6 fully saturated rings. The molecule has 42 heteroatoms. The number of carbonyl (C=O) groups excluding carboxylic acids is 4. The smallest absolute Gasteiger partial charge is 0.364 e. The molecule has 6 aliphatic rings. The fourth-order valence-corrected chi connectivity index (χ4v) is 18.7. The second-order valence-corrected chi connectivity index (χ2v) is 37.4. The molecule has 0 spiro atoms. The normalized spacial score (nSPS) is 33.9. The average molecular weight is 1940 g/mol. The van der Waals surface area contributed by atoms with Crippen LogP contribution in [0.5, 0.6) is 0 Å². The maximum atomic E-state index is 14.1.